The van der Waals surface area contributed by atoms with Crippen LogP contribution < -0.4 is 0 Å². The minimum absolute atomic E-state index is 0.0775. The molecule has 4 nitrogen and oxygen atoms in total. The lowest BCUT2D eigenvalue weighted by molar-refractivity contribution is 0.0468. The number of nitrogens with zero attached hydrogens (tertiary/aromatic N) is 1. The number of rotatable bonds is 5. The SMILES string of the molecule is O=C(OCc1coc(-c2cccs2)n1)c1ccc(-c2ccccc2)cc1. The number of hydrogen-bond acceptors (Lipinski definition) is 5. The van der Waals surface area contributed by atoms with Crippen LogP contribution in [0.25, 0.3) is 21.9 Å². The summed E-state index contributed by atoms with van der Waals surface area (Å²) in [4.78, 5) is 17.5. The van der Waals surface area contributed by atoms with E-state index in [1.807, 2.05) is 60.0 Å². The third kappa shape index (κ3) is 3.58. The summed E-state index contributed by atoms with van der Waals surface area (Å²) in [5.41, 5.74) is 3.25. The van der Waals surface area contributed by atoms with Crippen LogP contribution in [0.4, 0.5) is 0 Å². The van der Waals surface area contributed by atoms with Gasteiger partial charge in [-0.05, 0) is 34.7 Å². The Morgan fingerprint density at radius 1 is 0.962 bits per heavy atom. The summed E-state index contributed by atoms with van der Waals surface area (Å²) >= 11 is 1.55. The Labute approximate surface area is 154 Å². The van der Waals surface area contributed by atoms with Gasteiger partial charge in [0, 0.05) is 0 Å². The van der Waals surface area contributed by atoms with Gasteiger partial charge in [0.25, 0.3) is 0 Å². The number of carbonyl (C=O) groups excluding carboxylic acids is 1. The number of ether oxygens (including phenoxy) is 1. The predicted octanol–water partition coefficient (Wildman–Crippen LogP) is 5.43. The zero-order valence-electron chi connectivity index (χ0n) is 13.8. The second kappa shape index (κ2) is 7.37. The first kappa shape index (κ1) is 16.3. The minimum Gasteiger partial charge on any atom is -0.455 e. The molecule has 2 aromatic carbocycles. The van der Waals surface area contributed by atoms with E-state index in [0.29, 0.717) is 17.1 Å². The molecule has 4 aromatic rings. The van der Waals surface area contributed by atoms with Gasteiger partial charge >= 0.3 is 5.97 Å². The Hall–Kier alpha value is -3.18. The molecule has 0 N–H and O–H groups in total. The number of thiophene rings is 1. The van der Waals surface area contributed by atoms with Crippen molar-refractivity contribution in [2.24, 2.45) is 0 Å². The van der Waals surface area contributed by atoms with Gasteiger partial charge in [-0.1, -0.05) is 48.5 Å². The van der Waals surface area contributed by atoms with Crippen LogP contribution in [-0.2, 0) is 11.3 Å². The Morgan fingerprint density at radius 3 is 2.46 bits per heavy atom. The fraction of sp³-hybridized carbons (Fsp3) is 0.0476. The number of oxazole rings is 1. The molecule has 0 atom stereocenters. The Kier molecular flexibility index (Phi) is 4.62. The molecule has 0 radical (unpaired) electrons. The fourth-order valence-electron chi connectivity index (χ4n) is 2.54. The molecular weight excluding hydrogens is 346 g/mol. The third-order valence-corrected chi connectivity index (χ3v) is 4.72. The monoisotopic (exact) mass is 361 g/mol. The van der Waals surface area contributed by atoms with Crippen molar-refractivity contribution in [3.63, 3.8) is 0 Å². The van der Waals surface area contributed by atoms with Gasteiger partial charge in [-0.3, -0.25) is 0 Å². The lowest BCUT2D eigenvalue weighted by Gasteiger charge is -2.05. The number of esters is 1. The third-order valence-electron chi connectivity index (χ3n) is 3.86. The van der Waals surface area contributed by atoms with Crippen molar-refractivity contribution in [1.82, 2.24) is 4.98 Å². The van der Waals surface area contributed by atoms with Crippen LogP contribution in [0.3, 0.4) is 0 Å². The summed E-state index contributed by atoms with van der Waals surface area (Å²) in [6, 6.07) is 21.2. The maximum atomic E-state index is 12.2. The van der Waals surface area contributed by atoms with Crippen molar-refractivity contribution in [2.45, 2.75) is 6.61 Å². The van der Waals surface area contributed by atoms with E-state index in [1.54, 1.807) is 23.5 Å². The largest absolute Gasteiger partial charge is 0.455 e. The van der Waals surface area contributed by atoms with Gasteiger partial charge in [0.1, 0.15) is 18.6 Å². The molecule has 128 valence electrons. The van der Waals surface area contributed by atoms with Crippen molar-refractivity contribution in [3.8, 4) is 21.9 Å². The van der Waals surface area contributed by atoms with E-state index in [4.69, 9.17) is 9.15 Å². The van der Waals surface area contributed by atoms with Crippen LogP contribution in [0.5, 0.6) is 0 Å². The first-order chi connectivity index (χ1) is 12.8. The Bertz CT molecular complexity index is 989. The van der Waals surface area contributed by atoms with Crippen molar-refractivity contribution >= 4 is 17.3 Å². The van der Waals surface area contributed by atoms with E-state index in [0.717, 1.165) is 16.0 Å². The smallest absolute Gasteiger partial charge is 0.338 e. The van der Waals surface area contributed by atoms with Crippen molar-refractivity contribution < 1.29 is 13.9 Å². The minimum atomic E-state index is -0.384. The van der Waals surface area contributed by atoms with Crippen LogP contribution in [0.15, 0.2) is 82.8 Å². The molecule has 5 heteroatoms. The second-order valence-corrected chi connectivity index (χ2v) is 6.59. The van der Waals surface area contributed by atoms with Crippen molar-refractivity contribution in [3.05, 3.63) is 89.6 Å². The summed E-state index contributed by atoms with van der Waals surface area (Å²) in [5.74, 6) is 0.156. The molecule has 2 heterocycles. The summed E-state index contributed by atoms with van der Waals surface area (Å²) in [6.45, 7) is 0.0775. The zero-order chi connectivity index (χ0) is 17.8. The summed E-state index contributed by atoms with van der Waals surface area (Å²) < 4.78 is 10.8. The van der Waals surface area contributed by atoms with Crippen LogP contribution in [0, 0.1) is 0 Å². The highest BCUT2D eigenvalue weighted by atomic mass is 32.1. The lowest BCUT2D eigenvalue weighted by Crippen LogP contribution is -2.05. The first-order valence-electron chi connectivity index (χ1n) is 8.10. The molecule has 0 saturated heterocycles. The Balaban J connectivity index is 1.39. The van der Waals surface area contributed by atoms with Gasteiger partial charge in [0.15, 0.2) is 0 Å². The molecule has 0 amide bonds. The van der Waals surface area contributed by atoms with E-state index < -0.39 is 0 Å². The maximum Gasteiger partial charge on any atom is 0.338 e. The molecule has 0 unspecified atom stereocenters. The molecule has 0 spiro atoms. The fourth-order valence-corrected chi connectivity index (χ4v) is 3.19. The van der Waals surface area contributed by atoms with Crippen molar-refractivity contribution in [1.29, 1.82) is 0 Å². The molecule has 26 heavy (non-hydrogen) atoms. The maximum absolute atomic E-state index is 12.2. The summed E-state index contributed by atoms with van der Waals surface area (Å²) in [5, 5.41) is 1.96. The molecule has 0 aliphatic heterocycles. The van der Waals surface area contributed by atoms with Gasteiger partial charge < -0.3 is 9.15 Å². The van der Waals surface area contributed by atoms with Crippen LogP contribution in [-0.4, -0.2) is 11.0 Å². The van der Waals surface area contributed by atoms with E-state index in [-0.39, 0.29) is 12.6 Å². The molecule has 0 bridgehead atoms. The van der Waals surface area contributed by atoms with Gasteiger partial charge in [0.2, 0.25) is 5.89 Å². The molecule has 0 saturated carbocycles. The number of hydrogen-bond donors (Lipinski definition) is 0. The standard InChI is InChI=1S/C21H15NO3S/c23-21(17-10-8-16(9-11-17)15-5-2-1-3-6-15)25-14-18-13-24-20(22-18)19-7-4-12-26-19/h1-13H,14H2. The average molecular weight is 361 g/mol. The molecule has 0 aliphatic rings. The number of benzene rings is 2. The van der Waals surface area contributed by atoms with E-state index >= 15 is 0 Å². The molecule has 0 aliphatic carbocycles. The van der Waals surface area contributed by atoms with Gasteiger partial charge in [-0.2, -0.15) is 0 Å². The summed E-state index contributed by atoms with van der Waals surface area (Å²) in [6.07, 6.45) is 1.51. The summed E-state index contributed by atoms with van der Waals surface area (Å²) in [7, 11) is 0. The highest BCUT2D eigenvalue weighted by Crippen LogP contribution is 2.24. The van der Waals surface area contributed by atoms with Crippen LogP contribution in [0.1, 0.15) is 16.1 Å². The first-order valence-corrected chi connectivity index (χ1v) is 8.98. The highest BCUT2D eigenvalue weighted by Gasteiger charge is 2.11. The lowest BCUT2D eigenvalue weighted by atomic mass is 10.0. The zero-order valence-corrected chi connectivity index (χ0v) is 14.6. The molecule has 4 rings (SSSR count). The van der Waals surface area contributed by atoms with Crippen LogP contribution >= 0.6 is 11.3 Å². The van der Waals surface area contributed by atoms with Gasteiger partial charge in [-0.15, -0.1) is 11.3 Å². The Morgan fingerprint density at radius 2 is 1.73 bits per heavy atom. The van der Waals surface area contributed by atoms with E-state index in [1.165, 1.54) is 6.26 Å². The number of carbonyl (C=O) groups is 1. The van der Waals surface area contributed by atoms with E-state index in [9.17, 15) is 4.79 Å². The topological polar surface area (TPSA) is 52.3 Å². The second-order valence-electron chi connectivity index (χ2n) is 5.64. The number of aromatic nitrogens is 1. The molecule has 2 aromatic heterocycles. The van der Waals surface area contributed by atoms with Gasteiger partial charge in [0.05, 0.1) is 10.4 Å². The normalized spacial score (nSPS) is 10.6. The molecular formula is C21H15NO3S. The van der Waals surface area contributed by atoms with Crippen molar-refractivity contribution in [2.75, 3.05) is 0 Å². The van der Waals surface area contributed by atoms with E-state index in [2.05, 4.69) is 4.98 Å². The average Bonchev–Trinajstić information content (AvgIpc) is 3.38. The predicted molar refractivity (Wildman–Crippen MR) is 101 cm³/mol. The highest BCUT2D eigenvalue weighted by molar-refractivity contribution is 7.13. The van der Waals surface area contributed by atoms with Crippen LogP contribution in [0.2, 0.25) is 0 Å². The molecule has 0 fully saturated rings. The van der Waals surface area contributed by atoms with Gasteiger partial charge in [-0.25, -0.2) is 9.78 Å². The quantitative estimate of drug-likeness (QED) is 0.445.